The van der Waals surface area contributed by atoms with Gasteiger partial charge in [0.2, 0.25) is 12.3 Å². The summed E-state index contributed by atoms with van der Waals surface area (Å²) >= 11 is 0. The summed E-state index contributed by atoms with van der Waals surface area (Å²) in [6.45, 7) is 4.86. The van der Waals surface area contributed by atoms with Gasteiger partial charge < -0.3 is 14.5 Å². The molecular weight excluding hydrogens is 322 g/mol. The maximum Gasteiger partial charge on any atom is 0.221 e. The third-order valence-electron chi connectivity index (χ3n) is 3.17. The average molecular weight is 347 g/mol. The molecule has 0 aliphatic rings. The van der Waals surface area contributed by atoms with E-state index in [-0.39, 0.29) is 0 Å². The highest BCUT2D eigenvalue weighted by Crippen LogP contribution is 2.29. The van der Waals surface area contributed by atoms with Gasteiger partial charge in [-0.05, 0) is 32.0 Å². The van der Waals surface area contributed by atoms with Crippen LogP contribution in [0.2, 0.25) is 0 Å². The quantitative estimate of drug-likeness (QED) is 0.299. The van der Waals surface area contributed by atoms with Crippen LogP contribution in [0.4, 0.5) is 5.69 Å². The number of hydrogen-bond acceptors (Lipinski definition) is 7. The van der Waals surface area contributed by atoms with Crippen LogP contribution < -0.4 is 31.6 Å². The molecular formula is C17H25N5O3. The molecule has 2 aromatic rings. The molecule has 0 saturated carbocycles. The first-order valence-corrected chi connectivity index (χ1v) is 7.72. The largest absolute Gasteiger partial charge is 0.493 e. The van der Waals surface area contributed by atoms with E-state index in [9.17, 15) is 0 Å². The van der Waals surface area contributed by atoms with Crippen molar-refractivity contribution in [3.05, 3.63) is 47.7 Å². The number of hydrogen-bond donors (Lipinski definition) is 3. The third kappa shape index (κ3) is 6.28. The minimum absolute atomic E-state index is 0.352. The third-order valence-corrected chi connectivity index (χ3v) is 3.17. The summed E-state index contributed by atoms with van der Waals surface area (Å²) in [6.07, 6.45) is 2.12. The smallest absolute Gasteiger partial charge is 0.221 e. The van der Waals surface area contributed by atoms with E-state index >= 15 is 0 Å². The lowest BCUT2D eigenvalue weighted by Crippen LogP contribution is -2.26. The average Bonchev–Trinajstić information content (AvgIpc) is 2.62. The van der Waals surface area contributed by atoms with Gasteiger partial charge in [0.1, 0.15) is 12.4 Å². The van der Waals surface area contributed by atoms with Crippen LogP contribution in [-0.2, 0) is 11.4 Å². The monoisotopic (exact) mass is 347 g/mol. The van der Waals surface area contributed by atoms with E-state index in [1.165, 1.54) is 0 Å². The van der Waals surface area contributed by atoms with Crippen molar-refractivity contribution in [2.75, 3.05) is 18.7 Å². The summed E-state index contributed by atoms with van der Waals surface area (Å²) in [5, 5.41) is 1.56. The molecule has 0 bridgehead atoms. The molecule has 8 nitrogen and oxygen atoms in total. The number of ether oxygens (including phenoxy) is 2. The highest BCUT2D eigenvalue weighted by atomic mass is 16.5. The molecule has 0 unspecified atom stereocenters. The molecule has 0 aliphatic heterocycles. The number of carbonyl (C=O) groups excluding carboxylic acids is 1. The Kier molecular flexibility index (Phi) is 8.77. The van der Waals surface area contributed by atoms with Gasteiger partial charge >= 0.3 is 0 Å². The molecule has 1 aromatic carbocycles. The number of rotatable bonds is 7. The van der Waals surface area contributed by atoms with Gasteiger partial charge in [0.05, 0.1) is 17.9 Å². The first-order valence-electron chi connectivity index (χ1n) is 7.72. The molecule has 1 aromatic heterocycles. The zero-order chi connectivity index (χ0) is 18.7. The predicted octanol–water partition coefficient (Wildman–Crippen LogP) is 1.28. The van der Waals surface area contributed by atoms with Crippen LogP contribution in [0.3, 0.4) is 0 Å². The van der Waals surface area contributed by atoms with Gasteiger partial charge in [-0.15, -0.1) is 0 Å². The van der Waals surface area contributed by atoms with E-state index in [0.717, 1.165) is 22.6 Å². The zero-order valence-corrected chi connectivity index (χ0v) is 14.7. The fraction of sp³-hybridized carbons (Fsp3) is 0.294. The number of hydrazine groups is 2. The van der Waals surface area contributed by atoms with Crippen LogP contribution in [0.1, 0.15) is 18.1 Å². The SMILES string of the molecule is CCOc1cccc(N(C)N)c1COc1ncccc1C.NNC=O. The van der Waals surface area contributed by atoms with Crippen molar-refractivity contribution >= 4 is 12.1 Å². The number of anilines is 1. The molecule has 2 rings (SSSR count). The van der Waals surface area contributed by atoms with Crippen LogP contribution in [0, 0.1) is 6.92 Å². The first kappa shape index (κ1) is 20.2. The van der Waals surface area contributed by atoms with E-state index in [1.807, 2.05) is 44.2 Å². The summed E-state index contributed by atoms with van der Waals surface area (Å²) < 4.78 is 11.5. The maximum atomic E-state index is 8.94. The maximum absolute atomic E-state index is 8.94. The second kappa shape index (κ2) is 10.8. The molecule has 1 amide bonds. The fourth-order valence-electron chi connectivity index (χ4n) is 2.08. The second-order valence-corrected chi connectivity index (χ2v) is 5.00. The number of benzene rings is 1. The Morgan fingerprint density at radius 3 is 2.56 bits per heavy atom. The molecule has 0 saturated heterocycles. The summed E-state index contributed by atoms with van der Waals surface area (Å²) in [4.78, 5) is 13.2. The number of amides is 1. The van der Waals surface area contributed by atoms with E-state index in [4.69, 9.17) is 20.1 Å². The molecule has 25 heavy (non-hydrogen) atoms. The van der Waals surface area contributed by atoms with Crippen molar-refractivity contribution in [3.8, 4) is 11.6 Å². The summed E-state index contributed by atoms with van der Waals surface area (Å²) in [5.41, 5.74) is 4.53. The van der Waals surface area contributed by atoms with Crippen LogP contribution in [0.15, 0.2) is 36.5 Å². The van der Waals surface area contributed by atoms with Gasteiger partial charge in [0, 0.05) is 18.8 Å². The Morgan fingerprint density at radius 2 is 2.00 bits per heavy atom. The van der Waals surface area contributed by atoms with Crippen molar-refractivity contribution < 1.29 is 14.3 Å². The Balaban J connectivity index is 0.000000705. The standard InChI is InChI=1S/C16H21N3O2.CH4N2O/c1-4-20-15-9-5-8-14(19(3)17)13(15)11-21-16-12(2)7-6-10-18-16;2-3-1-4/h5-10H,4,11,17H2,1-3H3;1H,2H2,(H,3,4). The highest BCUT2D eigenvalue weighted by molar-refractivity contribution is 5.58. The van der Waals surface area contributed by atoms with E-state index in [0.29, 0.717) is 25.5 Å². The number of nitrogens with two attached hydrogens (primary N) is 2. The molecule has 0 aliphatic carbocycles. The normalized spacial score (nSPS) is 9.48. The van der Waals surface area contributed by atoms with E-state index < -0.39 is 0 Å². The molecule has 5 N–H and O–H groups in total. The summed E-state index contributed by atoms with van der Waals surface area (Å²) in [5.74, 6) is 11.7. The lowest BCUT2D eigenvalue weighted by Gasteiger charge is -2.20. The Labute approximate surface area is 147 Å². The van der Waals surface area contributed by atoms with Crippen molar-refractivity contribution in [2.24, 2.45) is 11.7 Å². The minimum Gasteiger partial charge on any atom is -0.493 e. The molecule has 1 heterocycles. The summed E-state index contributed by atoms with van der Waals surface area (Å²) in [7, 11) is 1.79. The van der Waals surface area contributed by atoms with E-state index in [1.54, 1.807) is 23.7 Å². The van der Waals surface area contributed by atoms with Crippen molar-refractivity contribution in [1.29, 1.82) is 0 Å². The Hall–Kier alpha value is -2.84. The summed E-state index contributed by atoms with van der Waals surface area (Å²) in [6, 6.07) is 9.62. The van der Waals surface area contributed by atoms with Gasteiger partial charge in [-0.3, -0.25) is 10.2 Å². The minimum atomic E-state index is 0.352. The van der Waals surface area contributed by atoms with E-state index in [2.05, 4.69) is 10.8 Å². The zero-order valence-electron chi connectivity index (χ0n) is 14.7. The lowest BCUT2D eigenvalue weighted by atomic mass is 10.1. The van der Waals surface area contributed by atoms with Gasteiger partial charge in [-0.1, -0.05) is 12.1 Å². The molecule has 136 valence electrons. The van der Waals surface area contributed by atoms with Crippen LogP contribution >= 0.6 is 0 Å². The van der Waals surface area contributed by atoms with Crippen LogP contribution in [-0.4, -0.2) is 25.0 Å². The molecule has 0 radical (unpaired) electrons. The highest BCUT2D eigenvalue weighted by Gasteiger charge is 2.13. The van der Waals surface area contributed by atoms with Crippen molar-refractivity contribution in [3.63, 3.8) is 0 Å². The Bertz CT molecular complexity index is 664. The lowest BCUT2D eigenvalue weighted by molar-refractivity contribution is -0.109. The first-order chi connectivity index (χ1) is 12.0. The van der Waals surface area contributed by atoms with Crippen LogP contribution in [0.5, 0.6) is 11.6 Å². The number of pyridine rings is 1. The molecule has 0 spiro atoms. The number of aromatic nitrogens is 1. The number of aryl methyl sites for hydroxylation is 1. The Morgan fingerprint density at radius 1 is 1.28 bits per heavy atom. The number of nitrogens with one attached hydrogen (secondary N) is 1. The second-order valence-electron chi connectivity index (χ2n) is 5.00. The van der Waals surface area contributed by atoms with Crippen molar-refractivity contribution in [1.82, 2.24) is 10.4 Å². The van der Waals surface area contributed by atoms with Gasteiger partial charge in [-0.2, -0.15) is 0 Å². The van der Waals surface area contributed by atoms with Crippen LogP contribution in [0.25, 0.3) is 0 Å². The molecule has 0 atom stereocenters. The van der Waals surface area contributed by atoms with Gasteiger partial charge in [0.25, 0.3) is 0 Å². The van der Waals surface area contributed by atoms with Gasteiger partial charge in [-0.25, -0.2) is 16.7 Å². The van der Waals surface area contributed by atoms with Gasteiger partial charge in [0.15, 0.2) is 0 Å². The fourth-order valence-corrected chi connectivity index (χ4v) is 2.08. The number of nitrogens with zero attached hydrogens (tertiary/aromatic N) is 2. The van der Waals surface area contributed by atoms with Crippen molar-refractivity contribution in [2.45, 2.75) is 20.5 Å². The number of carbonyl (C=O) groups is 1. The predicted molar refractivity (Wildman–Crippen MR) is 96.9 cm³/mol. The molecule has 8 heteroatoms. The molecule has 0 fully saturated rings. The topological polar surface area (TPSA) is 116 Å².